The van der Waals surface area contributed by atoms with Crippen molar-refractivity contribution in [1.29, 1.82) is 0 Å². The maximum absolute atomic E-state index is 13.6. The SMILES string of the molecule is Nc1ccc(Oc2cc(-c3ccc(C(F)(F)F)c(Oc4ccc(N)cc4)c3)ccc2C(F)(F)F)cc1. The smallest absolute Gasteiger partial charge is 0.419 e. The molecule has 4 aromatic rings. The number of nitrogen functional groups attached to an aromatic ring is 2. The molecule has 10 heteroatoms. The first kappa shape index (κ1) is 24.8. The summed E-state index contributed by atoms with van der Waals surface area (Å²) < 4.78 is 92.6. The highest BCUT2D eigenvalue weighted by molar-refractivity contribution is 5.69. The highest BCUT2D eigenvalue weighted by atomic mass is 19.4. The highest BCUT2D eigenvalue weighted by Crippen LogP contribution is 2.43. The van der Waals surface area contributed by atoms with E-state index >= 15 is 0 Å². The van der Waals surface area contributed by atoms with Gasteiger partial charge in [-0.05, 0) is 83.9 Å². The molecule has 4 rings (SSSR count). The summed E-state index contributed by atoms with van der Waals surface area (Å²) >= 11 is 0. The molecule has 0 aromatic heterocycles. The Morgan fingerprint density at radius 3 is 1.11 bits per heavy atom. The molecular weight excluding hydrogens is 486 g/mol. The van der Waals surface area contributed by atoms with Crippen molar-refractivity contribution in [3.05, 3.63) is 96.1 Å². The van der Waals surface area contributed by atoms with Crippen LogP contribution in [-0.4, -0.2) is 0 Å². The second kappa shape index (κ2) is 9.37. The van der Waals surface area contributed by atoms with Crippen LogP contribution in [0.25, 0.3) is 11.1 Å². The average Bonchev–Trinajstić information content (AvgIpc) is 2.80. The summed E-state index contributed by atoms with van der Waals surface area (Å²) in [6, 6.07) is 17.6. The second-order valence-corrected chi connectivity index (χ2v) is 7.76. The molecule has 0 amide bonds. The van der Waals surface area contributed by atoms with Gasteiger partial charge in [-0.1, -0.05) is 12.1 Å². The number of halogens is 6. The van der Waals surface area contributed by atoms with Crippen LogP contribution in [0.1, 0.15) is 11.1 Å². The lowest BCUT2D eigenvalue weighted by atomic mass is 10.0. The third-order valence-corrected chi connectivity index (χ3v) is 5.12. The average molecular weight is 504 g/mol. The van der Waals surface area contributed by atoms with Crippen molar-refractivity contribution in [2.45, 2.75) is 12.4 Å². The fourth-order valence-electron chi connectivity index (χ4n) is 3.37. The van der Waals surface area contributed by atoms with Gasteiger partial charge in [-0.3, -0.25) is 0 Å². The maximum Gasteiger partial charge on any atom is 0.419 e. The monoisotopic (exact) mass is 504 g/mol. The van der Waals surface area contributed by atoms with E-state index in [1.807, 2.05) is 0 Å². The van der Waals surface area contributed by atoms with E-state index in [4.69, 9.17) is 20.9 Å². The largest absolute Gasteiger partial charge is 0.457 e. The summed E-state index contributed by atoms with van der Waals surface area (Å²) in [5, 5.41) is 0. The molecule has 0 atom stereocenters. The first-order chi connectivity index (χ1) is 16.9. The van der Waals surface area contributed by atoms with Crippen LogP contribution in [0.5, 0.6) is 23.0 Å². The number of nitrogens with two attached hydrogens (primary N) is 2. The molecule has 36 heavy (non-hydrogen) atoms. The molecule has 0 aliphatic carbocycles. The summed E-state index contributed by atoms with van der Waals surface area (Å²) in [4.78, 5) is 0. The third kappa shape index (κ3) is 5.65. The lowest BCUT2D eigenvalue weighted by molar-refractivity contribution is -0.139. The zero-order valence-electron chi connectivity index (χ0n) is 18.3. The Kier molecular flexibility index (Phi) is 6.45. The molecule has 4 aromatic carbocycles. The fraction of sp³-hybridized carbons (Fsp3) is 0.0769. The molecule has 0 radical (unpaired) electrons. The number of anilines is 2. The number of hydrogen-bond acceptors (Lipinski definition) is 4. The van der Waals surface area contributed by atoms with Crippen molar-refractivity contribution in [2.24, 2.45) is 0 Å². The quantitative estimate of drug-likeness (QED) is 0.213. The van der Waals surface area contributed by atoms with Gasteiger partial charge in [-0.15, -0.1) is 0 Å². The zero-order valence-corrected chi connectivity index (χ0v) is 18.3. The minimum Gasteiger partial charge on any atom is -0.457 e. The standard InChI is InChI=1S/C26H18F6N2O2/c27-25(28,29)21-11-1-15(13-23(21)35-19-7-3-17(33)4-8-19)16-2-12-22(26(30,31)32)24(14-16)36-20-9-5-18(34)6-10-20/h1-14H,33-34H2. The minimum atomic E-state index is -4.73. The molecule has 4 N–H and O–H groups in total. The van der Waals surface area contributed by atoms with E-state index < -0.39 is 35.0 Å². The Bertz CT molecular complexity index is 1260. The van der Waals surface area contributed by atoms with Crippen molar-refractivity contribution in [3.8, 4) is 34.1 Å². The maximum atomic E-state index is 13.6. The molecular formula is C26H18F6N2O2. The van der Waals surface area contributed by atoms with Crippen LogP contribution in [0.3, 0.4) is 0 Å². The van der Waals surface area contributed by atoms with E-state index in [0.717, 1.165) is 36.4 Å². The Morgan fingerprint density at radius 2 is 0.806 bits per heavy atom. The first-order valence-corrected chi connectivity index (χ1v) is 10.4. The van der Waals surface area contributed by atoms with Gasteiger partial charge in [0, 0.05) is 11.4 Å². The van der Waals surface area contributed by atoms with Crippen LogP contribution in [0, 0.1) is 0 Å². The second-order valence-electron chi connectivity index (χ2n) is 7.76. The van der Waals surface area contributed by atoms with E-state index in [9.17, 15) is 26.3 Å². The Balaban J connectivity index is 1.78. The fourth-order valence-corrected chi connectivity index (χ4v) is 3.37. The van der Waals surface area contributed by atoms with E-state index in [0.29, 0.717) is 11.4 Å². The predicted molar refractivity (Wildman–Crippen MR) is 124 cm³/mol. The van der Waals surface area contributed by atoms with Crippen LogP contribution in [0.4, 0.5) is 37.7 Å². The summed E-state index contributed by atoms with van der Waals surface area (Å²) in [5.74, 6) is -0.838. The molecule has 0 spiro atoms. The Labute approximate surface area is 201 Å². The topological polar surface area (TPSA) is 70.5 Å². The Morgan fingerprint density at radius 1 is 0.472 bits per heavy atom. The van der Waals surface area contributed by atoms with Crippen LogP contribution >= 0.6 is 0 Å². The molecule has 0 bridgehead atoms. The number of ether oxygens (including phenoxy) is 2. The van der Waals surface area contributed by atoms with Gasteiger partial charge in [0.2, 0.25) is 0 Å². The van der Waals surface area contributed by atoms with Gasteiger partial charge in [0.05, 0.1) is 11.1 Å². The molecule has 186 valence electrons. The van der Waals surface area contributed by atoms with Crippen LogP contribution in [-0.2, 0) is 12.4 Å². The van der Waals surface area contributed by atoms with Gasteiger partial charge in [0.15, 0.2) is 0 Å². The summed E-state index contributed by atoms with van der Waals surface area (Å²) in [7, 11) is 0. The van der Waals surface area contributed by atoms with Gasteiger partial charge in [-0.2, -0.15) is 26.3 Å². The first-order valence-electron chi connectivity index (χ1n) is 10.4. The van der Waals surface area contributed by atoms with Crippen molar-refractivity contribution < 1.29 is 35.8 Å². The molecule has 4 nitrogen and oxygen atoms in total. The van der Waals surface area contributed by atoms with Crippen LogP contribution in [0.15, 0.2) is 84.9 Å². The van der Waals surface area contributed by atoms with E-state index in [-0.39, 0.29) is 22.6 Å². The number of alkyl halides is 6. The number of hydrogen-bond donors (Lipinski definition) is 2. The van der Waals surface area contributed by atoms with Gasteiger partial charge >= 0.3 is 12.4 Å². The van der Waals surface area contributed by atoms with Crippen LogP contribution in [0.2, 0.25) is 0 Å². The predicted octanol–water partition coefficient (Wildman–Crippen LogP) is 8.14. The third-order valence-electron chi connectivity index (χ3n) is 5.12. The van der Waals surface area contributed by atoms with Gasteiger partial charge in [0.25, 0.3) is 0 Å². The normalized spacial score (nSPS) is 11.8. The van der Waals surface area contributed by atoms with Gasteiger partial charge < -0.3 is 20.9 Å². The van der Waals surface area contributed by atoms with E-state index in [1.54, 1.807) is 0 Å². The number of benzene rings is 4. The number of rotatable bonds is 5. The highest BCUT2D eigenvalue weighted by Gasteiger charge is 2.36. The van der Waals surface area contributed by atoms with Crippen molar-refractivity contribution in [2.75, 3.05) is 11.5 Å². The molecule has 0 heterocycles. The molecule has 0 unspecified atom stereocenters. The molecule has 0 fully saturated rings. The molecule has 0 aliphatic rings. The summed E-state index contributed by atoms with van der Waals surface area (Å²) in [6.45, 7) is 0. The van der Waals surface area contributed by atoms with Crippen molar-refractivity contribution in [1.82, 2.24) is 0 Å². The Hall–Kier alpha value is -4.34. The lowest BCUT2D eigenvalue weighted by Gasteiger charge is -2.17. The molecule has 0 saturated heterocycles. The van der Waals surface area contributed by atoms with E-state index in [2.05, 4.69) is 0 Å². The summed E-state index contributed by atoms with van der Waals surface area (Å²) in [5.41, 5.74) is 10.3. The molecule has 0 aliphatic heterocycles. The lowest BCUT2D eigenvalue weighted by Crippen LogP contribution is -2.08. The molecule has 0 saturated carbocycles. The van der Waals surface area contributed by atoms with Gasteiger partial charge in [0.1, 0.15) is 23.0 Å². The van der Waals surface area contributed by atoms with Crippen LogP contribution < -0.4 is 20.9 Å². The minimum absolute atomic E-state index is 0.103. The van der Waals surface area contributed by atoms with Gasteiger partial charge in [-0.25, -0.2) is 0 Å². The van der Waals surface area contributed by atoms with E-state index in [1.165, 1.54) is 48.5 Å². The van der Waals surface area contributed by atoms with Crippen molar-refractivity contribution in [3.63, 3.8) is 0 Å². The van der Waals surface area contributed by atoms with Crippen molar-refractivity contribution >= 4 is 11.4 Å². The zero-order chi connectivity index (χ0) is 26.1. The summed E-state index contributed by atoms with van der Waals surface area (Å²) in [6.07, 6.45) is -9.46.